The van der Waals surface area contributed by atoms with E-state index in [2.05, 4.69) is 49.0 Å². The number of rotatable bonds is 6. The second-order valence-corrected chi connectivity index (χ2v) is 24.2. The van der Waals surface area contributed by atoms with Crippen molar-refractivity contribution in [3.8, 4) is 0 Å². The summed E-state index contributed by atoms with van der Waals surface area (Å²) in [5, 5.41) is 2.44. The first-order valence-electron chi connectivity index (χ1n) is 22.1. The molecule has 0 aromatic heterocycles. The average Bonchev–Trinajstić information content (AvgIpc) is 3.22. The number of fused-ring (bicyclic) bond motifs is 1. The molecule has 0 radical (unpaired) electrons. The Labute approximate surface area is 332 Å². The van der Waals surface area contributed by atoms with E-state index in [4.69, 9.17) is 0 Å². The van der Waals surface area contributed by atoms with Gasteiger partial charge < -0.3 is 7.43 Å². The Kier molecular flexibility index (Phi) is 22.7. The van der Waals surface area contributed by atoms with Gasteiger partial charge in [0, 0.05) is 15.8 Å². The van der Waals surface area contributed by atoms with Gasteiger partial charge in [-0.25, -0.2) is 0 Å². The Morgan fingerprint density at radius 3 is 0.922 bits per heavy atom. The Hall–Kier alpha value is 0.344. The Bertz CT molecular complexity index is 917. The molecule has 0 nitrogen and oxygen atoms in total. The van der Waals surface area contributed by atoms with Gasteiger partial charge >= 0.3 is 24.8 Å². The SMILES string of the molecule is C1CCC([PH+](C2CCCCC2)C2CCCCC2)CC1.C1CCC([PH+](C2CCCCC2)C2CCCCC2)CC1.[CH3-].[Cl][Ni].[c-]1cccc2ccccc12. The van der Waals surface area contributed by atoms with E-state index in [-0.39, 0.29) is 23.3 Å². The van der Waals surface area contributed by atoms with Crippen LogP contribution in [0.3, 0.4) is 0 Å². The van der Waals surface area contributed by atoms with Crippen LogP contribution in [0.5, 0.6) is 0 Å². The van der Waals surface area contributed by atoms with Crippen LogP contribution in [-0.4, -0.2) is 34.0 Å². The molecule has 0 heterocycles. The quantitative estimate of drug-likeness (QED) is 0.155. The number of hydrogen-bond donors (Lipinski definition) is 0. The topological polar surface area (TPSA) is 0 Å². The molecule has 6 aliphatic rings. The van der Waals surface area contributed by atoms with E-state index in [9.17, 15) is 0 Å². The molecule has 6 fully saturated rings. The van der Waals surface area contributed by atoms with Crippen molar-refractivity contribution in [3.63, 3.8) is 0 Å². The van der Waals surface area contributed by atoms with Gasteiger partial charge in [0.2, 0.25) is 0 Å². The van der Waals surface area contributed by atoms with Crippen molar-refractivity contribution in [1.82, 2.24) is 0 Å². The first kappa shape index (κ1) is 44.1. The molecule has 2 aromatic carbocycles. The van der Waals surface area contributed by atoms with Gasteiger partial charge in [-0.1, -0.05) is 50.7 Å². The summed E-state index contributed by atoms with van der Waals surface area (Å²) in [6.07, 6.45) is 47.6. The van der Waals surface area contributed by atoms with Crippen LogP contribution in [0.1, 0.15) is 193 Å². The van der Waals surface area contributed by atoms with E-state index < -0.39 is 0 Å². The van der Waals surface area contributed by atoms with E-state index in [0.717, 1.165) is 0 Å². The van der Waals surface area contributed by atoms with Gasteiger partial charge in [0.05, 0.1) is 34.0 Å². The summed E-state index contributed by atoms with van der Waals surface area (Å²) in [6, 6.07) is 17.4. The molecule has 8 rings (SSSR count). The minimum absolute atomic E-state index is 0. The largest absolute Gasteiger partial charge is 0.147 e. The molecule has 4 heteroatoms. The number of hydrogen-bond acceptors (Lipinski definition) is 0. The van der Waals surface area contributed by atoms with E-state index >= 15 is 0 Å². The Morgan fingerprint density at radius 1 is 0.392 bits per heavy atom. The zero-order valence-electron chi connectivity index (χ0n) is 32.9. The summed E-state index contributed by atoms with van der Waals surface area (Å²) in [5.74, 6) is 0. The summed E-state index contributed by atoms with van der Waals surface area (Å²) in [5.41, 5.74) is 7.36. The van der Waals surface area contributed by atoms with Gasteiger partial charge in [0.15, 0.2) is 0 Å². The molecule has 0 atom stereocenters. The maximum absolute atomic E-state index is 4.26. The predicted molar refractivity (Wildman–Crippen MR) is 233 cm³/mol. The van der Waals surface area contributed by atoms with Gasteiger partial charge in [-0.05, 0) is 154 Å². The molecule has 0 bridgehead atoms. The van der Waals surface area contributed by atoms with E-state index in [1.807, 2.05) is 24.3 Å². The molecular formula is C47H78ClNiP2. The molecule has 51 heavy (non-hydrogen) atoms. The van der Waals surface area contributed by atoms with Crippen LogP contribution in [0, 0.1) is 13.5 Å². The van der Waals surface area contributed by atoms with Crippen LogP contribution in [0.2, 0.25) is 0 Å². The predicted octanol–water partition coefficient (Wildman–Crippen LogP) is 16.2. The smallest absolute Gasteiger partial charge is 0.0801 e. The minimum atomic E-state index is -0.0465. The van der Waals surface area contributed by atoms with Gasteiger partial charge in [-0.3, -0.25) is 0 Å². The minimum Gasteiger partial charge on any atom is -0.147 e. The summed E-state index contributed by atoms with van der Waals surface area (Å²) in [4.78, 5) is 0. The van der Waals surface area contributed by atoms with Gasteiger partial charge in [-0.15, -0.1) is 47.2 Å². The number of halogens is 1. The maximum atomic E-state index is 4.26. The van der Waals surface area contributed by atoms with Crippen molar-refractivity contribution in [2.24, 2.45) is 0 Å². The van der Waals surface area contributed by atoms with E-state index in [1.54, 1.807) is 193 Å². The van der Waals surface area contributed by atoms with Crippen LogP contribution in [0.15, 0.2) is 42.5 Å². The monoisotopic (exact) mass is 797 g/mol. The van der Waals surface area contributed by atoms with Crippen LogP contribution in [-0.2, 0) is 14.6 Å². The fraction of sp³-hybridized carbons (Fsp3) is 0.766. The number of benzene rings is 2. The molecule has 6 aliphatic carbocycles. The molecule has 2 aromatic rings. The third-order valence-corrected chi connectivity index (χ3v) is 23.2. The Morgan fingerprint density at radius 2 is 0.647 bits per heavy atom. The van der Waals surface area contributed by atoms with Crippen LogP contribution < -0.4 is 0 Å². The third kappa shape index (κ3) is 14.4. The summed E-state index contributed by atoms with van der Waals surface area (Å²) in [6.45, 7) is 0. The second kappa shape index (κ2) is 26.2. The van der Waals surface area contributed by atoms with Gasteiger partial charge in [-0.2, -0.15) is 0 Å². The van der Waals surface area contributed by atoms with E-state index in [1.165, 1.54) is 44.7 Å². The molecule has 293 valence electrons. The normalized spacial score (nSPS) is 23.6. The molecular weight excluding hydrogens is 721 g/mol. The standard InChI is InChI=1S/2C18H33P.C10H7.CH3.ClH.Ni/c2*1-4-10-16(11-5-1)19(17-12-6-2-7-13-17)18-14-8-3-9-15-18;1-2-6-10-8-4-3-7-9(10)5-1;;;/h2*16-18H,1-15H2;1-7H;1H3;1H;/q;;2*-1;;+1/p+1. The van der Waals surface area contributed by atoms with Crippen molar-refractivity contribution in [1.29, 1.82) is 0 Å². The zero-order valence-corrected chi connectivity index (χ0v) is 36.7. The molecule has 0 aliphatic heterocycles. The summed E-state index contributed by atoms with van der Waals surface area (Å²) >= 11 is 3.35. The molecule has 0 N–H and O–H groups in total. The first-order chi connectivity index (χ1) is 24.9. The van der Waals surface area contributed by atoms with Gasteiger partial charge in [0.1, 0.15) is 0 Å². The van der Waals surface area contributed by atoms with Gasteiger partial charge in [0.25, 0.3) is 0 Å². The molecule has 0 spiro atoms. The maximum Gasteiger partial charge on any atom is -0.0801 e. The first-order valence-corrected chi connectivity index (χ1v) is 26.9. The molecule has 0 saturated heterocycles. The second-order valence-electron chi connectivity index (χ2n) is 17.3. The van der Waals surface area contributed by atoms with Crippen LogP contribution >= 0.6 is 26.0 Å². The van der Waals surface area contributed by atoms with Crippen LogP contribution in [0.4, 0.5) is 0 Å². The summed E-state index contributed by atoms with van der Waals surface area (Å²) < 4.78 is 0. The molecule has 0 amide bonds. The van der Waals surface area contributed by atoms with Crippen molar-refractivity contribution < 1.29 is 14.6 Å². The fourth-order valence-electron chi connectivity index (χ4n) is 11.7. The summed E-state index contributed by atoms with van der Waals surface area (Å²) in [7, 11) is 4.17. The van der Waals surface area contributed by atoms with Crippen molar-refractivity contribution >= 4 is 36.8 Å². The third-order valence-electron chi connectivity index (χ3n) is 14.0. The van der Waals surface area contributed by atoms with E-state index in [0.29, 0.717) is 0 Å². The molecule has 6 saturated carbocycles. The Balaban J connectivity index is 0.000000173. The van der Waals surface area contributed by atoms with Crippen molar-refractivity contribution in [2.75, 3.05) is 0 Å². The van der Waals surface area contributed by atoms with Crippen molar-refractivity contribution in [3.05, 3.63) is 56.0 Å². The average molecular weight is 799 g/mol. The fourth-order valence-corrected chi connectivity index (χ4v) is 22.1. The molecule has 0 unspecified atom stereocenters. The van der Waals surface area contributed by atoms with Crippen molar-refractivity contribution in [2.45, 2.75) is 227 Å². The van der Waals surface area contributed by atoms with Crippen LogP contribution in [0.25, 0.3) is 10.8 Å². The zero-order chi connectivity index (χ0) is 34.6.